The van der Waals surface area contributed by atoms with Crippen LogP contribution in [0.4, 0.5) is 5.69 Å². The number of sulfonamides is 1. The van der Waals surface area contributed by atoms with E-state index in [4.69, 9.17) is 9.88 Å². The van der Waals surface area contributed by atoms with Crippen molar-refractivity contribution < 1.29 is 17.9 Å². The monoisotopic (exact) mass is 300 g/mol. The van der Waals surface area contributed by atoms with E-state index in [-0.39, 0.29) is 10.8 Å². The first-order valence-corrected chi connectivity index (χ1v) is 7.91. The maximum absolute atomic E-state index is 11.7. The van der Waals surface area contributed by atoms with Gasteiger partial charge in [-0.2, -0.15) is 0 Å². The first-order chi connectivity index (χ1) is 9.36. The number of benzene rings is 1. The summed E-state index contributed by atoms with van der Waals surface area (Å²) in [7, 11) is -3.79. The molecule has 0 aliphatic carbocycles. The van der Waals surface area contributed by atoms with Crippen molar-refractivity contribution in [3.63, 3.8) is 0 Å². The second-order valence-electron chi connectivity index (χ2n) is 4.32. The van der Waals surface area contributed by atoms with Gasteiger partial charge >= 0.3 is 0 Å². The van der Waals surface area contributed by atoms with Gasteiger partial charge in [-0.25, -0.2) is 13.6 Å². The SMILES string of the molecule is CCOCCCC(=O)Nc1cccc(S(N)(=O)=O)c1C. The Morgan fingerprint density at radius 3 is 2.70 bits per heavy atom. The zero-order valence-corrected chi connectivity index (χ0v) is 12.5. The van der Waals surface area contributed by atoms with Crippen molar-refractivity contribution in [3.05, 3.63) is 23.8 Å². The van der Waals surface area contributed by atoms with Crippen LogP contribution in [-0.2, 0) is 19.6 Å². The second kappa shape index (κ2) is 7.37. The Balaban J connectivity index is 2.71. The molecular formula is C13H20N2O4S. The predicted octanol–water partition coefficient (Wildman–Crippen LogP) is 1.40. The van der Waals surface area contributed by atoms with Gasteiger partial charge in [0.1, 0.15) is 0 Å². The molecule has 0 aromatic heterocycles. The van der Waals surface area contributed by atoms with E-state index in [1.807, 2.05) is 6.92 Å². The molecule has 0 atom stereocenters. The van der Waals surface area contributed by atoms with Gasteiger partial charge in [0, 0.05) is 25.3 Å². The molecule has 1 aromatic carbocycles. The van der Waals surface area contributed by atoms with Gasteiger partial charge in [-0.1, -0.05) is 6.07 Å². The third-order valence-corrected chi connectivity index (χ3v) is 3.82. The highest BCUT2D eigenvalue weighted by atomic mass is 32.2. The Hall–Kier alpha value is -1.44. The summed E-state index contributed by atoms with van der Waals surface area (Å²) in [6, 6.07) is 4.60. The smallest absolute Gasteiger partial charge is 0.238 e. The van der Waals surface area contributed by atoms with E-state index in [0.29, 0.717) is 37.3 Å². The normalized spacial score (nSPS) is 11.3. The van der Waals surface area contributed by atoms with Crippen LogP contribution in [0.1, 0.15) is 25.3 Å². The Morgan fingerprint density at radius 1 is 1.40 bits per heavy atom. The fourth-order valence-corrected chi connectivity index (χ4v) is 2.55. The number of hydrogen-bond acceptors (Lipinski definition) is 4. The molecule has 1 amide bonds. The average molecular weight is 300 g/mol. The molecule has 7 heteroatoms. The van der Waals surface area contributed by atoms with Gasteiger partial charge in [-0.3, -0.25) is 4.79 Å². The standard InChI is InChI=1S/C13H20N2O4S/c1-3-19-9-5-8-13(16)15-11-6-4-7-12(10(11)2)20(14,17)18/h4,6-7H,3,5,8-9H2,1-2H3,(H,15,16)(H2,14,17,18). The molecule has 20 heavy (non-hydrogen) atoms. The summed E-state index contributed by atoms with van der Waals surface area (Å²) in [5, 5.41) is 7.80. The molecule has 0 bridgehead atoms. The van der Waals surface area contributed by atoms with Crippen molar-refractivity contribution in [1.29, 1.82) is 0 Å². The van der Waals surface area contributed by atoms with Gasteiger partial charge in [0.25, 0.3) is 0 Å². The summed E-state index contributed by atoms with van der Waals surface area (Å²) in [5.41, 5.74) is 0.895. The predicted molar refractivity (Wildman–Crippen MR) is 76.9 cm³/mol. The highest BCUT2D eigenvalue weighted by molar-refractivity contribution is 7.89. The van der Waals surface area contributed by atoms with Crippen molar-refractivity contribution in [1.82, 2.24) is 0 Å². The van der Waals surface area contributed by atoms with Crippen molar-refractivity contribution >= 4 is 21.6 Å². The van der Waals surface area contributed by atoms with Crippen LogP contribution in [0.25, 0.3) is 0 Å². The lowest BCUT2D eigenvalue weighted by molar-refractivity contribution is -0.116. The van der Waals surface area contributed by atoms with Gasteiger partial charge in [0.15, 0.2) is 0 Å². The van der Waals surface area contributed by atoms with Gasteiger partial charge in [-0.05, 0) is 38.0 Å². The third kappa shape index (κ3) is 4.92. The summed E-state index contributed by atoms with van der Waals surface area (Å²) in [5.74, 6) is -0.181. The van der Waals surface area contributed by atoms with Crippen molar-refractivity contribution in [2.45, 2.75) is 31.6 Å². The van der Waals surface area contributed by atoms with Crippen molar-refractivity contribution in [3.8, 4) is 0 Å². The Morgan fingerprint density at radius 2 is 2.10 bits per heavy atom. The largest absolute Gasteiger partial charge is 0.382 e. The minimum atomic E-state index is -3.79. The molecule has 0 fully saturated rings. The number of nitrogens with one attached hydrogen (secondary N) is 1. The molecule has 112 valence electrons. The van der Waals surface area contributed by atoms with Crippen LogP contribution in [0.15, 0.2) is 23.1 Å². The molecular weight excluding hydrogens is 280 g/mol. The summed E-state index contributed by atoms with van der Waals surface area (Å²) in [4.78, 5) is 11.8. The number of anilines is 1. The molecule has 3 N–H and O–H groups in total. The lowest BCUT2D eigenvalue weighted by atomic mass is 10.2. The number of nitrogens with two attached hydrogens (primary N) is 1. The Kier molecular flexibility index (Phi) is 6.12. The lowest BCUT2D eigenvalue weighted by Gasteiger charge is -2.11. The van der Waals surface area contributed by atoms with E-state index in [1.165, 1.54) is 6.07 Å². The van der Waals surface area contributed by atoms with E-state index in [1.54, 1.807) is 19.1 Å². The molecule has 1 rings (SSSR count). The van der Waals surface area contributed by atoms with E-state index in [2.05, 4.69) is 5.32 Å². The van der Waals surface area contributed by atoms with Crippen molar-refractivity contribution in [2.24, 2.45) is 5.14 Å². The number of rotatable bonds is 7. The quantitative estimate of drug-likeness (QED) is 0.743. The van der Waals surface area contributed by atoms with Crippen LogP contribution in [0.2, 0.25) is 0 Å². The van der Waals surface area contributed by atoms with E-state index in [0.717, 1.165) is 0 Å². The summed E-state index contributed by atoms with van der Waals surface area (Å²) in [6.45, 7) is 4.65. The Bertz CT molecular complexity index is 570. The lowest BCUT2D eigenvalue weighted by Crippen LogP contribution is -2.17. The number of carbonyl (C=O) groups excluding carboxylic acids is 1. The number of ether oxygens (including phenoxy) is 1. The number of hydrogen-bond donors (Lipinski definition) is 2. The van der Waals surface area contributed by atoms with Crippen LogP contribution >= 0.6 is 0 Å². The minimum absolute atomic E-state index is 0.0182. The van der Waals surface area contributed by atoms with Crippen LogP contribution in [0, 0.1) is 6.92 Å². The molecule has 0 aliphatic rings. The molecule has 1 aromatic rings. The van der Waals surface area contributed by atoms with Crippen LogP contribution in [0.5, 0.6) is 0 Å². The van der Waals surface area contributed by atoms with Gasteiger partial charge in [0.2, 0.25) is 15.9 Å². The van der Waals surface area contributed by atoms with Crippen LogP contribution < -0.4 is 10.5 Å². The zero-order chi connectivity index (χ0) is 15.2. The number of carbonyl (C=O) groups is 1. The van der Waals surface area contributed by atoms with Crippen LogP contribution in [0.3, 0.4) is 0 Å². The van der Waals surface area contributed by atoms with Crippen molar-refractivity contribution in [2.75, 3.05) is 18.5 Å². The first-order valence-electron chi connectivity index (χ1n) is 6.36. The number of primary sulfonamides is 1. The molecule has 0 saturated heterocycles. The van der Waals surface area contributed by atoms with Gasteiger partial charge in [-0.15, -0.1) is 0 Å². The maximum Gasteiger partial charge on any atom is 0.238 e. The summed E-state index contributed by atoms with van der Waals surface area (Å²) < 4.78 is 27.9. The Labute approximate surface area is 119 Å². The molecule has 0 spiro atoms. The fourth-order valence-electron chi connectivity index (χ4n) is 1.75. The van der Waals surface area contributed by atoms with E-state index < -0.39 is 10.0 Å². The molecule has 0 radical (unpaired) electrons. The molecule has 6 nitrogen and oxygen atoms in total. The highest BCUT2D eigenvalue weighted by Gasteiger charge is 2.14. The fraction of sp³-hybridized carbons (Fsp3) is 0.462. The molecule has 0 saturated carbocycles. The third-order valence-electron chi connectivity index (χ3n) is 2.76. The molecule has 0 aliphatic heterocycles. The topological polar surface area (TPSA) is 98.5 Å². The van der Waals surface area contributed by atoms with Gasteiger partial charge in [0.05, 0.1) is 4.90 Å². The zero-order valence-electron chi connectivity index (χ0n) is 11.7. The summed E-state index contributed by atoms with van der Waals surface area (Å²) in [6.07, 6.45) is 0.937. The number of amides is 1. The van der Waals surface area contributed by atoms with Gasteiger partial charge < -0.3 is 10.1 Å². The maximum atomic E-state index is 11.7. The highest BCUT2D eigenvalue weighted by Crippen LogP contribution is 2.22. The first kappa shape index (κ1) is 16.6. The van der Waals surface area contributed by atoms with E-state index >= 15 is 0 Å². The van der Waals surface area contributed by atoms with E-state index in [9.17, 15) is 13.2 Å². The second-order valence-corrected chi connectivity index (χ2v) is 5.85. The molecule has 0 unspecified atom stereocenters. The molecule has 0 heterocycles. The van der Waals surface area contributed by atoms with Crippen LogP contribution in [-0.4, -0.2) is 27.5 Å². The summed E-state index contributed by atoms with van der Waals surface area (Å²) >= 11 is 0. The average Bonchev–Trinajstić information content (AvgIpc) is 2.36. The minimum Gasteiger partial charge on any atom is -0.382 e.